The van der Waals surface area contributed by atoms with E-state index in [9.17, 15) is 0 Å². The lowest BCUT2D eigenvalue weighted by Gasteiger charge is -2.14. The molecular formula is C56H30N8. The summed E-state index contributed by atoms with van der Waals surface area (Å²) in [5, 5.41) is 4.71. The first kappa shape index (κ1) is 37.4. The van der Waals surface area contributed by atoms with Gasteiger partial charge < -0.3 is 9.13 Å². The van der Waals surface area contributed by atoms with Gasteiger partial charge in [-0.05, 0) is 101 Å². The van der Waals surface area contributed by atoms with Crippen LogP contribution in [0.25, 0.3) is 119 Å². The molecule has 0 bridgehead atoms. The molecule has 0 radical (unpaired) electrons. The molecule has 8 nitrogen and oxygen atoms in total. The predicted octanol–water partition coefficient (Wildman–Crippen LogP) is 15.5. The van der Waals surface area contributed by atoms with Gasteiger partial charge in [-0.25, -0.2) is 29.3 Å². The van der Waals surface area contributed by atoms with Crippen LogP contribution in [0.1, 0.15) is 0 Å². The van der Waals surface area contributed by atoms with E-state index < -0.39 is 0 Å². The number of hydrogen-bond acceptors (Lipinski definition) is 2. The summed E-state index contributed by atoms with van der Waals surface area (Å²) < 4.78 is 4.61. The zero-order valence-electron chi connectivity index (χ0n) is 33.9. The van der Waals surface area contributed by atoms with E-state index in [0.29, 0.717) is 56.7 Å². The molecule has 3 heterocycles. The van der Waals surface area contributed by atoms with E-state index in [1.807, 2.05) is 36.4 Å². The Bertz CT molecular complexity index is 3730. The molecule has 0 aliphatic carbocycles. The molecule has 0 N–H and O–H groups in total. The summed E-state index contributed by atoms with van der Waals surface area (Å²) in [6.45, 7) is 31.8. The van der Waals surface area contributed by atoms with Crippen molar-refractivity contribution >= 4 is 66.4 Å². The monoisotopic (exact) mass is 814 g/mol. The summed E-state index contributed by atoms with van der Waals surface area (Å²) in [6, 6.07) is 59.9. The standard InChI is InChI=1S/C56H30N8/c1-57-39-15-11-13-36(29-39)47-34-48(62-56(61-47)37-14-12-16-40(30-37)58-2)38-31-49(59-3)55(50(32-38)60-4)35-23-25-41(26-24-35)63-53-22-10-7-19-45(53)46-33-42(27-28-54(46)63)64-51-20-8-5-17-43(51)44-18-6-9-21-52(44)64/h5-34H. The van der Waals surface area contributed by atoms with Gasteiger partial charge in [0.05, 0.1) is 59.7 Å². The quantitative estimate of drug-likeness (QED) is 0.157. The Labute approximate surface area is 368 Å². The van der Waals surface area contributed by atoms with Crippen molar-refractivity contribution in [3.05, 3.63) is 228 Å². The highest BCUT2D eigenvalue weighted by Gasteiger charge is 2.20. The fourth-order valence-corrected chi connectivity index (χ4v) is 8.91. The van der Waals surface area contributed by atoms with E-state index in [1.54, 1.807) is 42.5 Å². The number of para-hydroxylation sites is 3. The Hall–Kier alpha value is -9.60. The zero-order valence-corrected chi connectivity index (χ0v) is 33.9. The topological polar surface area (TPSA) is 53.1 Å². The highest BCUT2D eigenvalue weighted by atomic mass is 15.0. The molecule has 3 aromatic heterocycles. The maximum atomic E-state index is 8.33. The van der Waals surface area contributed by atoms with Crippen molar-refractivity contribution in [1.29, 1.82) is 0 Å². The van der Waals surface area contributed by atoms with E-state index in [2.05, 4.69) is 132 Å². The Morgan fingerprint density at radius 1 is 0.344 bits per heavy atom. The van der Waals surface area contributed by atoms with Crippen LogP contribution in [0.2, 0.25) is 0 Å². The molecule has 11 aromatic rings. The first-order chi connectivity index (χ1) is 31.5. The van der Waals surface area contributed by atoms with E-state index in [-0.39, 0.29) is 0 Å². The van der Waals surface area contributed by atoms with Crippen molar-refractivity contribution in [3.63, 3.8) is 0 Å². The second kappa shape index (κ2) is 15.1. The molecule has 0 atom stereocenters. The predicted molar refractivity (Wildman–Crippen MR) is 258 cm³/mol. The Morgan fingerprint density at radius 3 is 1.41 bits per heavy atom. The molecule has 8 aromatic carbocycles. The number of nitrogens with zero attached hydrogens (tertiary/aromatic N) is 8. The molecular weight excluding hydrogens is 785 g/mol. The lowest BCUT2D eigenvalue weighted by Crippen LogP contribution is -1.96. The van der Waals surface area contributed by atoms with Crippen molar-refractivity contribution in [3.8, 4) is 56.4 Å². The highest BCUT2D eigenvalue weighted by molar-refractivity contribution is 6.12. The van der Waals surface area contributed by atoms with E-state index in [1.165, 1.54) is 10.8 Å². The second-order valence-corrected chi connectivity index (χ2v) is 15.4. The van der Waals surface area contributed by atoms with Crippen molar-refractivity contribution in [2.75, 3.05) is 0 Å². The van der Waals surface area contributed by atoms with Crippen LogP contribution in [0.5, 0.6) is 0 Å². The van der Waals surface area contributed by atoms with Crippen molar-refractivity contribution in [2.45, 2.75) is 0 Å². The van der Waals surface area contributed by atoms with Crippen LogP contribution in [0, 0.1) is 26.3 Å². The Balaban J connectivity index is 1.01. The van der Waals surface area contributed by atoms with Gasteiger partial charge in [0.25, 0.3) is 0 Å². The second-order valence-electron chi connectivity index (χ2n) is 15.4. The van der Waals surface area contributed by atoms with Crippen molar-refractivity contribution < 1.29 is 0 Å². The van der Waals surface area contributed by atoms with Gasteiger partial charge >= 0.3 is 0 Å². The van der Waals surface area contributed by atoms with Gasteiger partial charge in [0, 0.05) is 38.5 Å². The molecule has 64 heavy (non-hydrogen) atoms. The summed E-state index contributed by atoms with van der Waals surface area (Å²) in [6.07, 6.45) is 0. The molecule has 0 spiro atoms. The van der Waals surface area contributed by atoms with Crippen LogP contribution in [0.3, 0.4) is 0 Å². The third-order valence-electron chi connectivity index (χ3n) is 11.8. The summed E-state index contributed by atoms with van der Waals surface area (Å²) in [5.74, 6) is 0.382. The molecule has 0 amide bonds. The highest BCUT2D eigenvalue weighted by Crippen LogP contribution is 2.44. The van der Waals surface area contributed by atoms with Crippen molar-refractivity contribution in [1.82, 2.24) is 19.1 Å². The number of aromatic nitrogens is 4. The number of hydrogen-bond donors (Lipinski definition) is 0. The molecule has 8 heteroatoms. The van der Waals surface area contributed by atoms with E-state index in [4.69, 9.17) is 36.3 Å². The molecule has 0 aliphatic heterocycles. The fourth-order valence-electron chi connectivity index (χ4n) is 8.91. The molecule has 0 aliphatic rings. The number of rotatable bonds is 6. The molecule has 0 unspecified atom stereocenters. The van der Waals surface area contributed by atoms with Crippen LogP contribution >= 0.6 is 0 Å². The molecule has 11 rings (SSSR count). The average molecular weight is 815 g/mol. The minimum absolute atomic E-state index is 0.317. The molecule has 294 valence electrons. The number of benzene rings is 8. The van der Waals surface area contributed by atoms with Crippen LogP contribution < -0.4 is 0 Å². The summed E-state index contributed by atoms with van der Waals surface area (Å²) in [5.41, 5.74) is 12.4. The molecule has 0 fully saturated rings. The molecule has 0 saturated carbocycles. The maximum absolute atomic E-state index is 8.33. The number of fused-ring (bicyclic) bond motifs is 6. The third-order valence-corrected chi connectivity index (χ3v) is 11.8. The largest absolute Gasteiger partial charge is 0.309 e. The summed E-state index contributed by atoms with van der Waals surface area (Å²) in [7, 11) is 0. The third kappa shape index (κ3) is 6.12. The van der Waals surface area contributed by atoms with Crippen LogP contribution in [0.15, 0.2) is 182 Å². The van der Waals surface area contributed by atoms with Crippen LogP contribution in [-0.2, 0) is 0 Å². The van der Waals surface area contributed by atoms with Gasteiger partial charge in [0.1, 0.15) is 0 Å². The van der Waals surface area contributed by atoms with Gasteiger partial charge in [-0.1, -0.05) is 103 Å². The lowest BCUT2D eigenvalue weighted by atomic mass is 9.97. The van der Waals surface area contributed by atoms with Crippen LogP contribution in [0.4, 0.5) is 22.7 Å². The van der Waals surface area contributed by atoms with Crippen molar-refractivity contribution in [2.24, 2.45) is 0 Å². The lowest BCUT2D eigenvalue weighted by molar-refractivity contribution is 1.17. The minimum atomic E-state index is 0.317. The van der Waals surface area contributed by atoms with Gasteiger partial charge in [-0.3, -0.25) is 0 Å². The van der Waals surface area contributed by atoms with E-state index >= 15 is 0 Å². The Morgan fingerprint density at radius 2 is 0.828 bits per heavy atom. The first-order valence-corrected chi connectivity index (χ1v) is 20.4. The maximum Gasteiger partial charge on any atom is 0.187 e. The SMILES string of the molecule is [C-]#[N+]c1cccc(-c2cc(-c3cc([N+]#[C-])c(-c4ccc(-n5c6ccccc6c6cc(-n7c8ccccc8c8ccccc87)ccc65)cc4)c([N+]#[C-])c3)nc(-c3cccc([N+]#[C-])c3)n2)c1. The van der Waals surface area contributed by atoms with Gasteiger partial charge in [0.2, 0.25) is 0 Å². The minimum Gasteiger partial charge on any atom is -0.309 e. The zero-order chi connectivity index (χ0) is 43.3. The summed E-state index contributed by atoms with van der Waals surface area (Å²) in [4.78, 5) is 24.9. The first-order valence-electron chi connectivity index (χ1n) is 20.4. The van der Waals surface area contributed by atoms with Gasteiger partial charge in [0.15, 0.2) is 28.6 Å². The Kier molecular flexibility index (Phi) is 8.85. The average Bonchev–Trinajstić information content (AvgIpc) is 3.88. The normalized spacial score (nSPS) is 11.1. The van der Waals surface area contributed by atoms with E-state index in [0.717, 1.165) is 55.3 Å². The fraction of sp³-hybridized carbons (Fsp3) is 0. The van der Waals surface area contributed by atoms with Crippen LogP contribution in [-0.4, -0.2) is 19.1 Å². The van der Waals surface area contributed by atoms with Gasteiger partial charge in [-0.15, -0.1) is 0 Å². The summed E-state index contributed by atoms with van der Waals surface area (Å²) >= 11 is 0. The molecule has 0 saturated heterocycles. The van der Waals surface area contributed by atoms with Gasteiger partial charge in [-0.2, -0.15) is 0 Å². The smallest absolute Gasteiger partial charge is 0.187 e.